The van der Waals surface area contributed by atoms with Crippen LogP contribution in [-0.2, 0) is 6.54 Å². The molecule has 2 heterocycles. The van der Waals surface area contributed by atoms with Crippen LogP contribution in [0.5, 0.6) is 11.5 Å². The van der Waals surface area contributed by atoms with Crippen LogP contribution < -0.4 is 14.8 Å². The van der Waals surface area contributed by atoms with Crippen LogP contribution in [-0.4, -0.2) is 43.8 Å². The van der Waals surface area contributed by atoms with Crippen molar-refractivity contribution in [2.24, 2.45) is 0 Å². The molecule has 1 saturated heterocycles. The average Bonchev–Trinajstić information content (AvgIpc) is 2.83. The van der Waals surface area contributed by atoms with Crippen LogP contribution in [0.3, 0.4) is 0 Å². The van der Waals surface area contributed by atoms with Gasteiger partial charge in [-0.2, -0.15) is 0 Å². The molecule has 116 valence electrons. The minimum Gasteiger partial charge on any atom is -0.490 e. The monoisotopic (exact) mass is 290 g/mol. The number of likely N-dealkylation sites (tertiary alicyclic amines) is 1. The number of nitrogens with one attached hydrogen (secondary N) is 1. The predicted octanol–water partition coefficient (Wildman–Crippen LogP) is 2.42. The van der Waals surface area contributed by atoms with Gasteiger partial charge in [0.15, 0.2) is 11.5 Å². The molecular formula is C17H26N2O2. The van der Waals surface area contributed by atoms with Gasteiger partial charge in [0.1, 0.15) is 0 Å². The van der Waals surface area contributed by atoms with E-state index in [0.717, 1.165) is 50.8 Å². The van der Waals surface area contributed by atoms with Gasteiger partial charge in [-0.1, -0.05) is 13.0 Å². The van der Waals surface area contributed by atoms with Gasteiger partial charge in [-0.05, 0) is 43.6 Å². The van der Waals surface area contributed by atoms with Crippen molar-refractivity contribution >= 4 is 0 Å². The van der Waals surface area contributed by atoms with Crippen LogP contribution >= 0.6 is 0 Å². The lowest BCUT2D eigenvalue weighted by atomic mass is 10.2. The fourth-order valence-electron chi connectivity index (χ4n) is 3.24. The quantitative estimate of drug-likeness (QED) is 0.903. The zero-order valence-corrected chi connectivity index (χ0v) is 12.9. The highest BCUT2D eigenvalue weighted by atomic mass is 16.5. The molecule has 3 rings (SSSR count). The molecule has 0 amide bonds. The molecule has 21 heavy (non-hydrogen) atoms. The number of benzene rings is 1. The highest BCUT2D eigenvalue weighted by Crippen LogP contribution is 2.30. The molecule has 1 N–H and O–H groups in total. The van der Waals surface area contributed by atoms with E-state index in [4.69, 9.17) is 9.47 Å². The molecule has 4 nitrogen and oxygen atoms in total. The van der Waals surface area contributed by atoms with E-state index in [0.29, 0.717) is 6.04 Å². The molecule has 1 atom stereocenters. The van der Waals surface area contributed by atoms with E-state index in [2.05, 4.69) is 29.3 Å². The Kier molecular flexibility index (Phi) is 4.99. The smallest absolute Gasteiger partial charge is 0.161 e. The van der Waals surface area contributed by atoms with Gasteiger partial charge < -0.3 is 14.8 Å². The average molecular weight is 290 g/mol. The topological polar surface area (TPSA) is 33.7 Å². The van der Waals surface area contributed by atoms with Gasteiger partial charge in [0, 0.05) is 25.6 Å². The minimum atomic E-state index is 0.704. The molecule has 2 aliphatic rings. The standard InChI is InChI=1S/C17H26N2O2/c1-2-19-8-3-5-15(19)13-18-12-14-6-7-16-17(11-14)21-10-4-9-20-16/h6-7,11,15,18H,2-5,8-10,12-13H2,1H3. The van der Waals surface area contributed by atoms with Crippen LogP contribution in [0.4, 0.5) is 0 Å². The van der Waals surface area contributed by atoms with Gasteiger partial charge in [-0.3, -0.25) is 4.90 Å². The second kappa shape index (κ2) is 7.14. The summed E-state index contributed by atoms with van der Waals surface area (Å²) < 4.78 is 11.4. The van der Waals surface area contributed by atoms with Gasteiger partial charge in [0.25, 0.3) is 0 Å². The second-order valence-electron chi connectivity index (χ2n) is 5.89. The third-order valence-electron chi connectivity index (χ3n) is 4.43. The molecule has 0 bridgehead atoms. The van der Waals surface area contributed by atoms with Crippen LogP contribution in [0.1, 0.15) is 31.7 Å². The van der Waals surface area contributed by atoms with Gasteiger partial charge in [-0.25, -0.2) is 0 Å². The van der Waals surface area contributed by atoms with E-state index in [-0.39, 0.29) is 0 Å². The van der Waals surface area contributed by atoms with Crippen molar-refractivity contribution in [3.8, 4) is 11.5 Å². The Morgan fingerprint density at radius 2 is 2.05 bits per heavy atom. The van der Waals surface area contributed by atoms with Crippen molar-refractivity contribution in [3.05, 3.63) is 23.8 Å². The Hall–Kier alpha value is -1.26. The summed E-state index contributed by atoms with van der Waals surface area (Å²) in [6.07, 6.45) is 3.61. The predicted molar refractivity (Wildman–Crippen MR) is 84.0 cm³/mol. The maximum Gasteiger partial charge on any atom is 0.161 e. The van der Waals surface area contributed by atoms with Crippen LogP contribution in [0.15, 0.2) is 18.2 Å². The Balaban J connectivity index is 1.52. The largest absolute Gasteiger partial charge is 0.490 e. The molecule has 0 aromatic heterocycles. The van der Waals surface area contributed by atoms with Crippen molar-refractivity contribution in [1.29, 1.82) is 0 Å². The maximum absolute atomic E-state index is 5.74. The maximum atomic E-state index is 5.74. The van der Waals surface area contributed by atoms with Crippen LogP contribution in [0, 0.1) is 0 Å². The molecule has 4 heteroatoms. The van der Waals surface area contributed by atoms with Gasteiger partial charge in [-0.15, -0.1) is 0 Å². The molecule has 2 aliphatic heterocycles. The summed E-state index contributed by atoms with van der Waals surface area (Å²) in [6, 6.07) is 6.98. The minimum absolute atomic E-state index is 0.704. The molecule has 1 aromatic carbocycles. The number of likely N-dealkylation sites (N-methyl/N-ethyl adjacent to an activating group) is 1. The fourth-order valence-corrected chi connectivity index (χ4v) is 3.24. The lowest BCUT2D eigenvalue weighted by molar-refractivity contribution is 0.260. The number of fused-ring (bicyclic) bond motifs is 1. The van der Waals surface area contributed by atoms with Crippen molar-refractivity contribution in [2.75, 3.05) is 32.8 Å². The van der Waals surface area contributed by atoms with E-state index < -0.39 is 0 Å². The lowest BCUT2D eigenvalue weighted by Crippen LogP contribution is -2.37. The summed E-state index contributed by atoms with van der Waals surface area (Å²) in [4.78, 5) is 2.57. The van der Waals surface area contributed by atoms with Gasteiger partial charge >= 0.3 is 0 Å². The molecule has 1 fully saturated rings. The Morgan fingerprint density at radius 1 is 1.19 bits per heavy atom. The van der Waals surface area contributed by atoms with E-state index in [9.17, 15) is 0 Å². The summed E-state index contributed by atoms with van der Waals surface area (Å²) in [5.74, 6) is 1.77. The van der Waals surface area contributed by atoms with E-state index in [1.54, 1.807) is 0 Å². The van der Waals surface area contributed by atoms with Crippen molar-refractivity contribution in [2.45, 2.75) is 38.8 Å². The Morgan fingerprint density at radius 3 is 2.90 bits per heavy atom. The second-order valence-corrected chi connectivity index (χ2v) is 5.89. The summed E-state index contributed by atoms with van der Waals surface area (Å²) in [6.45, 7) is 8.13. The summed E-state index contributed by atoms with van der Waals surface area (Å²) in [7, 11) is 0. The first-order valence-electron chi connectivity index (χ1n) is 8.20. The van der Waals surface area contributed by atoms with Crippen molar-refractivity contribution < 1.29 is 9.47 Å². The zero-order chi connectivity index (χ0) is 14.5. The number of nitrogens with zero attached hydrogens (tertiary/aromatic N) is 1. The summed E-state index contributed by atoms with van der Waals surface area (Å²) >= 11 is 0. The first kappa shape index (κ1) is 14.7. The highest BCUT2D eigenvalue weighted by Gasteiger charge is 2.22. The lowest BCUT2D eigenvalue weighted by Gasteiger charge is -2.23. The first-order valence-corrected chi connectivity index (χ1v) is 8.20. The van der Waals surface area contributed by atoms with E-state index in [1.165, 1.54) is 24.9 Å². The Bertz CT molecular complexity index is 464. The third kappa shape index (κ3) is 3.69. The Labute approximate surface area is 127 Å². The van der Waals surface area contributed by atoms with Gasteiger partial charge in [0.2, 0.25) is 0 Å². The van der Waals surface area contributed by atoms with Crippen LogP contribution in [0.2, 0.25) is 0 Å². The number of rotatable bonds is 5. The third-order valence-corrected chi connectivity index (χ3v) is 4.43. The molecule has 0 aliphatic carbocycles. The van der Waals surface area contributed by atoms with Crippen LogP contribution in [0.25, 0.3) is 0 Å². The molecule has 1 unspecified atom stereocenters. The summed E-state index contributed by atoms with van der Waals surface area (Å²) in [5.41, 5.74) is 1.26. The number of hydrogen-bond donors (Lipinski definition) is 1. The SMILES string of the molecule is CCN1CCCC1CNCc1ccc2c(c1)OCCCO2. The van der Waals surface area contributed by atoms with E-state index in [1.807, 2.05) is 6.07 Å². The number of hydrogen-bond acceptors (Lipinski definition) is 4. The van der Waals surface area contributed by atoms with Crippen molar-refractivity contribution in [1.82, 2.24) is 10.2 Å². The molecule has 1 aromatic rings. The molecule has 0 saturated carbocycles. The molecule has 0 radical (unpaired) electrons. The normalized spacial score (nSPS) is 22.2. The first-order chi connectivity index (χ1) is 10.4. The summed E-state index contributed by atoms with van der Waals surface area (Å²) in [5, 5.41) is 3.59. The zero-order valence-electron chi connectivity index (χ0n) is 12.9. The van der Waals surface area contributed by atoms with E-state index >= 15 is 0 Å². The fraction of sp³-hybridized carbons (Fsp3) is 0.647. The highest BCUT2D eigenvalue weighted by molar-refractivity contribution is 5.43. The van der Waals surface area contributed by atoms with Crippen molar-refractivity contribution in [3.63, 3.8) is 0 Å². The number of ether oxygens (including phenoxy) is 2. The van der Waals surface area contributed by atoms with Gasteiger partial charge in [0.05, 0.1) is 13.2 Å². The molecular weight excluding hydrogens is 264 g/mol. The molecule has 0 spiro atoms.